The molecule has 1 rings (SSSR count). The zero-order valence-electron chi connectivity index (χ0n) is 26.8. The van der Waals surface area contributed by atoms with Crippen LogP contribution in [-0.2, 0) is 58.9 Å². The molecule has 0 aliphatic carbocycles. The van der Waals surface area contributed by atoms with Crippen molar-refractivity contribution in [3.05, 3.63) is 35.9 Å². The van der Waals surface area contributed by atoms with Crippen LogP contribution in [0.5, 0.6) is 0 Å². The van der Waals surface area contributed by atoms with Crippen LogP contribution in [0.1, 0.15) is 52.0 Å². The lowest BCUT2D eigenvalue weighted by Crippen LogP contribution is -2.45. The molecule has 1 aromatic rings. The van der Waals surface area contributed by atoms with Gasteiger partial charge in [0.15, 0.2) is 5.78 Å². The van der Waals surface area contributed by atoms with Crippen LogP contribution in [0.25, 0.3) is 0 Å². The predicted octanol–water partition coefficient (Wildman–Crippen LogP) is 2.11. The van der Waals surface area contributed by atoms with E-state index in [4.69, 9.17) is 28.4 Å². The number of ketones is 1. The van der Waals surface area contributed by atoms with Gasteiger partial charge in [0.2, 0.25) is 5.91 Å². The number of nitrogens with one attached hydrogen (secondary N) is 2. The fourth-order valence-corrected chi connectivity index (χ4v) is 3.44. The lowest BCUT2D eigenvalue weighted by molar-refractivity contribution is -0.157. The van der Waals surface area contributed by atoms with Crippen LogP contribution < -0.4 is 10.6 Å². The molecule has 45 heavy (non-hydrogen) atoms. The average molecular weight is 641 g/mol. The van der Waals surface area contributed by atoms with E-state index in [0.29, 0.717) is 26.1 Å². The normalized spacial score (nSPS) is 11.7. The summed E-state index contributed by atoms with van der Waals surface area (Å²) < 4.78 is 36.1. The Kier molecular flexibility index (Phi) is 20.8. The highest BCUT2D eigenvalue weighted by atomic mass is 16.6. The molecular formula is C31H48N2O12. The van der Waals surface area contributed by atoms with Crippen LogP contribution in [0.4, 0.5) is 4.79 Å². The van der Waals surface area contributed by atoms with Crippen molar-refractivity contribution < 1.29 is 57.1 Å². The summed E-state index contributed by atoms with van der Waals surface area (Å²) in [4.78, 5) is 60.0. The molecule has 0 saturated carbocycles. The number of rotatable bonds is 24. The fraction of sp³-hybridized carbons (Fsp3) is 0.645. The fourth-order valence-electron chi connectivity index (χ4n) is 3.44. The van der Waals surface area contributed by atoms with Gasteiger partial charge in [-0.3, -0.25) is 9.59 Å². The van der Waals surface area contributed by atoms with E-state index >= 15 is 0 Å². The Bertz CT molecular complexity index is 1010. The second kappa shape index (κ2) is 23.7. The molecule has 2 amide bonds. The first-order valence-corrected chi connectivity index (χ1v) is 14.9. The lowest BCUT2D eigenvalue weighted by atomic mass is 10.1. The maximum Gasteiger partial charge on any atom is 0.408 e. The van der Waals surface area contributed by atoms with Gasteiger partial charge in [-0.25, -0.2) is 14.4 Å². The monoisotopic (exact) mass is 640 g/mol. The Morgan fingerprint density at radius 3 is 2.11 bits per heavy atom. The zero-order chi connectivity index (χ0) is 33.3. The number of hydrogen-bond donors (Lipinski definition) is 2. The number of Topliss-reactive ketones (excluding diaryl/α,β-unsaturated/α-hetero) is 1. The summed E-state index contributed by atoms with van der Waals surface area (Å²) in [5, 5.41) is 5.19. The standard InChI is InChI=1S/C31H48N2O12/c1-31(2,3)45-29(37)26(33-30(38)44-21-24-9-6-5-7-10-24)12-13-27(35)32-14-16-41-18-19-42-22-25(34)11-8-15-40-17-20-43-23-28(36)39-4/h5-7,9-10,26H,8,11-23H2,1-4H3,(H,32,35)(H,33,38)/t26-/m0/s1. The van der Waals surface area contributed by atoms with Crippen LogP contribution >= 0.6 is 0 Å². The van der Waals surface area contributed by atoms with Gasteiger partial charge in [0, 0.05) is 26.0 Å². The number of ether oxygens (including phenoxy) is 7. The van der Waals surface area contributed by atoms with Crippen molar-refractivity contribution in [1.82, 2.24) is 10.6 Å². The van der Waals surface area contributed by atoms with Crippen molar-refractivity contribution in [3.63, 3.8) is 0 Å². The van der Waals surface area contributed by atoms with Crippen molar-refractivity contribution in [2.24, 2.45) is 0 Å². The Hall–Kier alpha value is -3.59. The highest BCUT2D eigenvalue weighted by Gasteiger charge is 2.27. The Morgan fingerprint density at radius 2 is 1.44 bits per heavy atom. The molecule has 0 aromatic heterocycles. The number of carbonyl (C=O) groups excluding carboxylic acids is 5. The van der Waals surface area contributed by atoms with Crippen molar-refractivity contribution >= 4 is 29.7 Å². The SMILES string of the molecule is COC(=O)COCCOCCCC(=O)COCCOCCNC(=O)CC[C@H](NC(=O)OCc1ccccc1)C(=O)OC(C)(C)C. The third kappa shape index (κ3) is 22.6. The van der Waals surface area contributed by atoms with Gasteiger partial charge in [0.25, 0.3) is 0 Å². The molecule has 1 atom stereocenters. The molecule has 0 bridgehead atoms. The molecule has 0 aliphatic heterocycles. The van der Waals surface area contributed by atoms with Crippen molar-refractivity contribution in [1.29, 1.82) is 0 Å². The first-order valence-electron chi connectivity index (χ1n) is 14.9. The smallest absolute Gasteiger partial charge is 0.408 e. The predicted molar refractivity (Wildman–Crippen MR) is 161 cm³/mol. The second-order valence-corrected chi connectivity index (χ2v) is 10.7. The topological polar surface area (TPSA) is 174 Å². The second-order valence-electron chi connectivity index (χ2n) is 10.7. The minimum absolute atomic E-state index is 0.0154. The van der Waals surface area contributed by atoms with Crippen LogP contribution in [0.15, 0.2) is 30.3 Å². The molecule has 0 fully saturated rings. The zero-order valence-corrected chi connectivity index (χ0v) is 26.8. The Labute approximate surface area is 264 Å². The summed E-state index contributed by atoms with van der Waals surface area (Å²) in [6, 6.07) is 8.03. The van der Waals surface area contributed by atoms with E-state index in [-0.39, 0.29) is 77.3 Å². The highest BCUT2D eigenvalue weighted by Crippen LogP contribution is 2.11. The summed E-state index contributed by atoms with van der Waals surface area (Å²) in [6.07, 6.45) is 0.0406. The minimum Gasteiger partial charge on any atom is -0.467 e. The van der Waals surface area contributed by atoms with E-state index in [1.807, 2.05) is 18.2 Å². The van der Waals surface area contributed by atoms with E-state index in [9.17, 15) is 24.0 Å². The maximum atomic E-state index is 12.6. The summed E-state index contributed by atoms with van der Waals surface area (Å²) in [7, 11) is 1.28. The summed E-state index contributed by atoms with van der Waals surface area (Å²) >= 11 is 0. The third-order valence-corrected chi connectivity index (χ3v) is 5.62. The van der Waals surface area contributed by atoms with Crippen LogP contribution in [-0.4, -0.2) is 108 Å². The van der Waals surface area contributed by atoms with Gasteiger partial charge in [-0.05, 0) is 39.2 Å². The third-order valence-electron chi connectivity index (χ3n) is 5.62. The molecule has 1 aromatic carbocycles. The largest absolute Gasteiger partial charge is 0.467 e. The summed E-state index contributed by atoms with van der Waals surface area (Å²) in [5.41, 5.74) is 0.0150. The van der Waals surface area contributed by atoms with Crippen molar-refractivity contribution in [3.8, 4) is 0 Å². The van der Waals surface area contributed by atoms with E-state index in [2.05, 4.69) is 15.4 Å². The maximum absolute atomic E-state index is 12.6. The minimum atomic E-state index is -1.07. The molecule has 0 aliphatic rings. The first-order chi connectivity index (χ1) is 21.5. The molecule has 254 valence electrons. The van der Waals surface area contributed by atoms with Gasteiger partial charge < -0.3 is 43.8 Å². The van der Waals surface area contributed by atoms with Crippen molar-refractivity contribution in [2.75, 3.05) is 66.5 Å². The molecule has 0 heterocycles. The van der Waals surface area contributed by atoms with Crippen molar-refractivity contribution in [2.45, 2.75) is 64.7 Å². The number of carbonyl (C=O) groups is 5. The molecule has 0 radical (unpaired) electrons. The Balaban J connectivity index is 2.15. The molecule has 14 nitrogen and oxygen atoms in total. The van der Waals surface area contributed by atoms with E-state index in [0.717, 1.165) is 5.56 Å². The quantitative estimate of drug-likeness (QED) is 0.0958. The van der Waals surface area contributed by atoms with E-state index in [1.165, 1.54) is 7.11 Å². The first kappa shape index (κ1) is 39.4. The summed E-state index contributed by atoms with van der Waals surface area (Å²) in [6.45, 7) is 6.88. The van der Waals surface area contributed by atoms with Gasteiger partial charge in [-0.2, -0.15) is 0 Å². The van der Waals surface area contributed by atoms with Gasteiger partial charge in [0.1, 0.15) is 31.5 Å². The average Bonchev–Trinajstić information content (AvgIpc) is 3.00. The number of hydrogen-bond acceptors (Lipinski definition) is 12. The molecular weight excluding hydrogens is 592 g/mol. The molecule has 14 heteroatoms. The molecule has 0 saturated heterocycles. The Morgan fingerprint density at radius 1 is 0.800 bits per heavy atom. The van der Waals surface area contributed by atoms with Crippen LogP contribution in [0.2, 0.25) is 0 Å². The number of esters is 2. The number of alkyl carbamates (subject to hydrolysis) is 1. The van der Waals surface area contributed by atoms with E-state index in [1.54, 1.807) is 32.9 Å². The van der Waals surface area contributed by atoms with Gasteiger partial charge in [-0.15, -0.1) is 0 Å². The molecule has 0 spiro atoms. The van der Waals surface area contributed by atoms with Gasteiger partial charge in [-0.1, -0.05) is 30.3 Å². The van der Waals surface area contributed by atoms with E-state index < -0.39 is 29.7 Å². The van der Waals surface area contributed by atoms with Crippen LogP contribution in [0.3, 0.4) is 0 Å². The van der Waals surface area contributed by atoms with Crippen LogP contribution in [0, 0.1) is 0 Å². The van der Waals surface area contributed by atoms with Gasteiger partial charge in [0.05, 0.1) is 40.1 Å². The number of benzene rings is 1. The summed E-state index contributed by atoms with van der Waals surface area (Å²) in [5.74, 6) is -1.50. The highest BCUT2D eigenvalue weighted by molar-refractivity contribution is 5.83. The molecule has 2 N–H and O–H groups in total. The van der Waals surface area contributed by atoms with Gasteiger partial charge >= 0.3 is 18.0 Å². The molecule has 0 unspecified atom stereocenters. The lowest BCUT2D eigenvalue weighted by Gasteiger charge is -2.24. The number of amides is 2. The number of methoxy groups -OCH3 is 1.